The van der Waals surface area contributed by atoms with E-state index in [0.717, 1.165) is 22.5 Å². The molecule has 1 aliphatic heterocycles. The van der Waals surface area contributed by atoms with E-state index in [4.69, 9.17) is 30.5 Å². The van der Waals surface area contributed by atoms with Gasteiger partial charge in [0.15, 0.2) is 11.5 Å². The number of rotatable bonds is 8. The standard InChI is InChI=1S/C28H28ClN3O5/c1-4-36-28(33)23-12-14-30-32(23)16-13-24-22-8-6-15-31(22)21-11-10-18(29)17-20(21)26(37-24)19-7-5-9-25(34-2)27(19)35-3/h5-12,14-15,17,24,26H,4,13,16H2,1-3H3/t24-,26-/m1/s1. The van der Waals surface area contributed by atoms with Gasteiger partial charge in [0.2, 0.25) is 0 Å². The van der Waals surface area contributed by atoms with Crippen LogP contribution in [0.2, 0.25) is 5.02 Å². The van der Waals surface area contributed by atoms with Crippen molar-refractivity contribution >= 4 is 17.6 Å². The zero-order valence-electron chi connectivity index (χ0n) is 20.9. The largest absolute Gasteiger partial charge is 0.493 e. The minimum atomic E-state index is -0.495. The monoisotopic (exact) mass is 521 g/mol. The highest BCUT2D eigenvalue weighted by Gasteiger charge is 2.33. The SMILES string of the molecule is CCOC(=O)c1ccnn1CC[C@H]1O[C@H](c2cccc(OC)c2OC)c2cc(Cl)ccc2-n2cccc21. The lowest BCUT2D eigenvalue weighted by atomic mass is 9.98. The van der Waals surface area contributed by atoms with Gasteiger partial charge in [-0.3, -0.25) is 4.68 Å². The van der Waals surface area contributed by atoms with Crippen LogP contribution in [0.1, 0.15) is 52.9 Å². The van der Waals surface area contributed by atoms with Crippen molar-refractivity contribution in [2.45, 2.75) is 32.1 Å². The Morgan fingerprint density at radius 2 is 1.95 bits per heavy atom. The van der Waals surface area contributed by atoms with Crippen molar-refractivity contribution in [3.8, 4) is 17.2 Å². The van der Waals surface area contributed by atoms with Crippen molar-refractivity contribution in [3.05, 3.63) is 94.5 Å². The average molecular weight is 522 g/mol. The van der Waals surface area contributed by atoms with Crippen LogP contribution < -0.4 is 9.47 Å². The Balaban J connectivity index is 1.57. The van der Waals surface area contributed by atoms with Crippen LogP contribution in [0.4, 0.5) is 0 Å². The zero-order valence-corrected chi connectivity index (χ0v) is 21.6. The van der Waals surface area contributed by atoms with Gasteiger partial charge < -0.3 is 23.5 Å². The number of halogens is 1. The van der Waals surface area contributed by atoms with Gasteiger partial charge in [-0.05, 0) is 55.8 Å². The molecule has 0 aliphatic carbocycles. The quantitative estimate of drug-likeness (QED) is 0.274. The van der Waals surface area contributed by atoms with Crippen LogP contribution in [0.15, 0.2) is 67.0 Å². The molecule has 0 unspecified atom stereocenters. The molecule has 0 N–H and O–H groups in total. The fraction of sp³-hybridized carbons (Fsp3) is 0.286. The molecule has 2 atom stereocenters. The summed E-state index contributed by atoms with van der Waals surface area (Å²) in [6.45, 7) is 2.53. The summed E-state index contributed by atoms with van der Waals surface area (Å²) >= 11 is 6.48. The Bertz CT molecular complexity index is 1410. The molecule has 4 aromatic rings. The minimum absolute atomic E-state index is 0.300. The third-order valence-corrected chi connectivity index (χ3v) is 6.70. The molecule has 5 rings (SSSR count). The molecule has 2 aromatic carbocycles. The maximum absolute atomic E-state index is 12.4. The van der Waals surface area contributed by atoms with Gasteiger partial charge in [-0.1, -0.05) is 23.7 Å². The van der Waals surface area contributed by atoms with E-state index in [1.165, 1.54) is 0 Å². The van der Waals surface area contributed by atoms with Gasteiger partial charge in [0, 0.05) is 35.1 Å². The van der Waals surface area contributed by atoms with Crippen LogP contribution in [-0.2, 0) is 16.0 Å². The lowest BCUT2D eigenvalue weighted by Gasteiger charge is -2.25. The molecule has 0 amide bonds. The van der Waals surface area contributed by atoms with Crippen LogP contribution in [0.25, 0.3) is 5.69 Å². The zero-order chi connectivity index (χ0) is 25.9. The summed E-state index contributed by atoms with van der Waals surface area (Å²) in [5.74, 6) is 0.817. The van der Waals surface area contributed by atoms with Crippen LogP contribution in [0.5, 0.6) is 11.5 Å². The molecule has 0 saturated carbocycles. The van der Waals surface area contributed by atoms with E-state index in [-0.39, 0.29) is 6.10 Å². The molecular formula is C28H28ClN3O5. The summed E-state index contributed by atoms with van der Waals surface area (Å²) < 4.78 is 27.2. The highest BCUT2D eigenvalue weighted by molar-refractivity contribution is 6.30. The number of methoxy groups -OCH3 is 2. The van der Waals surface area contributed by atoms with E-state index in [1.807, 2.05) is 54.7 Å². The maximum atomic E-state index is 12.4. The molecule has 0 radical (unpaired) electrons. The van der Waals surface area contributed by atoms with Gasteiger partial charge in [0.25, 0.3) is 0 Å². The van der Waals surface area contributed by atoms with Crippen LogP contribution >= 0.6 is 11.6 Å². The second-order valence-corrected chi connectivity index (χ2v) is 8.98. The number of para-hydroxylation sites is 1. The van der Waals surface area contributed by atoms with E-state index in [1.54, 1.807) is 38.1 Å². The summed E-state index contributed by atoms with van der Waals surface area (Å²) in [6.07, 6.45) is 3.35. The van der Waals surface area contributed by atoms with Crippen molar-refractivity contribution in [3.63, 3.8) is 0 Å². The number of hydrogen-bond donors (Lipinski definition) is 0. The number of benzene rings is 2. The van der Waals surface area contributed by atoms with Crippen molar-refractivity contribution < 1.29 is 23.7 Å². The van der Waals surface area contributed by atoms with E-state index in [2.05, 4.69) is 9.67 Å². The lowest BCUT2D eigenvalue weighted by Crippen LogP contribution is -2.17. The Morgan fingerprint density at radius 1 is 1.08 bits per heavy atom. The van der Waals surface area contributed by atoms with Gasteiger partial charge in [0.05, 0.1) is 32.2 Å². The number of ether oxygens (including phenoxy) is 4. The van der Waals surface area contributed by atoms with Gasteiger partial charge in [-0.2, -0.15) is 5.10 Å². The summed E-state index contributed by atoms with van der Waals surface area (Å²) in [4.78, 5) is 12.4. The second-order valence-electron chi connectivity index (χ2n) is 8.54. The topological polar surface area (TPSA) is 76.7 Å². The number of aromatic nitrogens is 3. The molecule has 0 saturated heterocycles. The van der Waals surface area contributed by atoms with E-state index >= 15 is 0 Å². The molecule has 1 aliphatic rings. The van der Waals surface area contributed by atoms with E-state index < -0.39 is 12.1 Å². The number of hydrogen-bond acceptors (Lipinski definition) is 6. The Kier molecular flexibility index (Phi) is 7.21. The molecule has 192 valence electrons. The van der Waals surface area contributed by atoms with Crippen molar-refractivity contribution in [1.29, 1.82) is 0 Å². The van der Waals surface area contributed by atoms with Crippen molar-refractivity contribution in [1.82, 2.24) is 14.3 Å². The molecule has 0 spiro atoms. The lowest BCUT2D eigenvalue weighted by molar-refractivity contribution is -0.00195. The fourth-order valence-electron chi connectivity index (χ4n) is 4.84. The Labute approximate surface area is 220 Å². The first-order chi connectivity index (χ1) is 18.0. The first-order valence-corrected chi connectivity index (χ1v) is 12.5. The highest BCUT2D eigenvalue weighted by atomic mass is 35.5. The molecule has 37 heavy (non-hydrogen) atoms. The van der Waals surface area contributed by atoms with Gasteiger partial charge in [0.1, 0.15) is 17.9 Å². The first-order valence-electron chi connectivity index (χ1n) is 12.1. The molecule has 0 bridgehead atoms. The van der Waals surface area contributed by atoms with Crippen LogP contribution in [0, 0.1) is 0 Å². The molecule has 9 heteroatoms. The third-order valence-electron chi connectivity index (χ3n) is 6.46. The molecule has 8 nitrogen and oxygen atoms in total. The van der Waals surface area contributed by atoms with Crippen molar-refractivity contribution in [2.24, 2.45) is 0 Å². The summed E-state index contributed by atoms with van der Waals surface area (Å²) in [5, 5.41) is 4.96. The maximum Gasteiger partial charge on any atom is 0.356 e. The highest BCUT2D eigenvalue weighted by Crippen LogP contribution is 2.46. The number of carbonyl (C=O) groups is 1. The summed E-state index contributed by atoms with van der Waals surface area (Å²) in [6, 6.07) is 17.3. The predicted octanol–water partition coefficient (Wildman–Crippen LogP) is 5.77. The van der Waals surface area contributed by atoms with Crippen molar-refractivity contribution in [2.75, 3.05) is 20.8 Å². The van der Waals surface area contributed by atoms with Gasteiger partial charge >= 0.3 is 5.97 Å². The molecular weight excluding hydrogens is 494 g/mol. The number of nitrogens with zero attached hydrogens (tertiary/aromatic N) is 3. The van der Waals surface area contributed by atoms with Crippen LogP contribution in [0.3, 0.4) is 0 Å². The van der Waals surface area contributed by atoms with E-state index in [0.29, 0.717) is 41.8 Å². The van der Waals surface area contributed by atoms with Gasteiger partial charge in [-0.15, -0.1) is 0 Å². The molecule has 2 aromatic heterocycles. The summed E-state index contributed by atoms with van der Waals surface area (Å²) in [5.41, 5.74) is 4.09. The number of aryl methyl sites for hydroxylation is 1. The first kappa shape index (κ1) is 24.9. The number of carbonyl (C=O) groups excluding carboxylic acids is 1. The van der Waals surface area contributed by atoms with Gasteiger partial charge in [-0.25, -0.2) is 4.79 Å². The fourth-order valence-corrected chi connectivity index (χ4v) is 5.02. The minimum Gasteiger partial charge on any atom is -0.493 e. The predicted molar refractivity (Wildman–Crippen MR) is 139 cm³/mol. The van der Waals surface area contributed by atoms with Crippen LogP contribution in [-0.4, -0.2) is 41.1 Å². The van der Waals surface area contributed by atoms with E-state index in [9.17, 15) is 4.79 Å². The number of esters is 1. The third kappa shape index (κ3) is 4.70. The smallest absolute Gasteiger partial charge is 0.356 e. The molecule has 3 heterocycles. The number of fused-ring (bicyclic) bond motifs is 3. The Hall–Kier alpha value is -3.75. The molecule has 0 fully saturated rings. The summed E-state index contributed by atoms with van der Waals surface area (Å²) in [7, 11) is 3.23. The normalized spacial score (nSPS) is 16.4. The second kappa shape index (κ2) is 10.7. The average Bonchev–Trinajstić information content (AvgIpc) is 3.56. The Morgan fingerprint density at radius 3 is 2.73 bits per heavy atom.